The first-order valence-corrected chi connectivity index (χ1v) is 9.63. The number of hydrogen-bond acceptors (Lipinski definition) is 4. The lowest BCUT2D eigenvalue weighted by molar-refractivity contribution is -0.132. The Balaban J connectivity index is 1.76. The predicted octanol–water partition coefficient (Wildman–Crippen LogP) is 3.13. The van der Waals surface area contributed by atoms with Crippen molar-refractivity contribution in [3.05, 3.63) is 58.3 Å². The summed E-state index contributed by atoms with van der Waals surface area (Å²) < 4.78 is 33.0. The molecule has 0 bridgehead atoms. The van der Waals surface area contributed by atoms with E-state index in [1.165, 1.54) is 12.1 Å². The summed E-state index contributed by atoms with van der Waals surface area (Å²) in [7, 11) is 0. The van der Waals surface area contributed by atoms with Gasteiger partial charge >= 0.3 is 5.97 Å². The van der Waals surface area contributed by atoms with Crippen LogP contribution in [-0.2, 0) is 16.1 Å². The maximum atomic E-state index is 13.8. The molecule has 1 aromatic carbocycles. The van der Waals surface area contributed by atoms with Gasteiger partial charge < -0.3 is 14.7 Å². The highest BCUT2D eigenvalue weighted by atomic mass is 19.1. The number of carboxylic acids is 1. The average Bonchev–Trinajstić information content (AvgIpc) is 3.47. The van der Waals surface area contributed by atoms with E-state index < -0.39 is 17.6 Å². The summed E-state index contributed by atoms with van der Waals surface area (Å²) in [5.41, 5.74) is 2.34. The summed E-state index contributed by atoms with van der Waals surface area (Å²) in [6.45, 7) is 4.76. The van der Waals surface area contributed by atoms with Gasteiger partial charge in [-0.1, -0.05) is 0 Å². The van der Waals surface area contributed by atoms with E-state index in [-0.39, 0.29) is 18.6 Å². The van der Waals surface area contributed by atoms with Crippen molar-refractivity contribution in [3.63, 3.8) is 0 Å². The monoisotopic (exact) mass is 390 g/mol. The number of halogens is 2. The molecule has 0 aromatic heterocycles. The number of rotatable bonds is 5. The zero-order valence-corrected chi connectivity index (χ0v) is 15.8. The van der Waals surface area contributed by atoms with E-state index in [2.05, 4.69) is 4.90 Å². The number of carboxylic acid groups (broad SMARTS) is 1. The second kappa shape index (κ2) is 7.64. The van der Waals surface area contributed by atoms with E-state index in [9.17, 15) is 18.7 Å². The van der Waals surface area contributed by atoms with Crippen molar-refractivity contribution in [1.29, 1.82) is 0 Å². The first-order valence-electron chi connectivity index (χ1n) is 9.63. The molecule has 28 heavy (non-hydrogen) atoms. The first-order chi connectivity index (χ1) is 13.4. The van der Waals surface area contributed by atoms with Crippen LogP contribution < -0.4 is 0 Å². The van der Waals surface area contributed by atoms with Crippen LogP contribution in [0.15, 0.2) is 41.1 Å². The maximum Gasteiger partial charge on any atom is 0.337 e. The molecular formula is C21H24F2N2O3. The van der Waals surface area contributed by atoms with Crippen LogP contribution in [0.3, 0.4) is 0 Å². The van der Waals surface area contributed by atoms with Crippen molar-refractivity contribution in [2.24, 2.45) is 5.92 Å². The molecule has 2 heterocycles. The van der Waals surface area contributed by atoms with Gasteiger partial charge in [0.1, 0.15) is 17.8 Å². The Morgan fingerprint density at radius 1 is 1.18 bits per heavy atom. The molecule has 1 aliphatic carbocycles. The minimum Gasteiger partial charge on any atom is -0.478 e. The van der Waals surface area contributed by atoms with Gasteiger partial charge in [0, 0.05) is 31.4 Å². The summed E-state index contributed by atoms with van der Waals surface area (Å²) >= 11 is 0. The van der Waals surface area contributed by atoms with E-state index >= 15 is 0 Å². The van der Waals surface area contributed by atoms with Gasteiger partial charge in [-0.25, -0.2) is 13.6 Å². The number of ether oxygens (including phenoxy) is 1. The first kappa shape index (κ1) is 19.1. The molecule has 5 nitrogen and oxygen atoms in total. The van der Waals surface area contributed by atoms with E-state index in [1.807, 2.05) is 17.9 Å². The van der Waals surface area contributed by atoms with Crippen molar-refractivity contribution in [3.8, 4) is 0 Å². The van der Waals surface area contributed by atoms with Gasteiger partial charge in [0.2, 0.25) is 0 Å². The smallest absolute Gasteiger partial charge is 0.337 e. The molecule has 1 aromatic rings. The van der Waals surface area contributed by atoms with Crippen LogP contribution in [0.4, 0.5) is 8.78 Å². The molecule has 1 N–H and O–H groups in total. The number of allylic oxidation sites excluding steroid dienone is 1. The number of aliphatic carboxylic acids is 1. The Labute approximate surface area is 162 Å². The van der Waals surface area contributed by atoms with E-state index in [1.54, 1.807) is 0 Å². The fourth-order valence-corrected chi connectivity index (χ4v) is 4.18. The van der Waals surface area contributed by atoms with Gasteiger partial charge in [-0.05, 0) is 55.0 Å². The summed E-state index contributed by atoms with van der Waals surface area (Å²) in [6.07, 6.45) is 3.66. The highest BCUT2D eigenvalue weighted by Gasteiger charge is 2.41. The Hall–Kier alpha value is -2.25. The number of nitrogens with zero attached hydrogens (tertiary/aromatic N) is 2. The number of benzene rings is 1. The molecule has 2 fully saturated rings. The topological polar surface area (TPSA) is 53.0 Å². The van der Waals surface area contributed by atoms with Crippen LogP contribution >= 0.6 is 0 Å². The molecule has 0 radical (unpaired) electrons. The van der Waals surface area contributed by atoms with E-state index in [4.69, 9.17) is 4.74 Å². The molecule has 3 aliphatic rings. The zero-order valence-electron chi connectivity index (χ0n) is 15.8. The SMILES string of the molecule is CC1=CC(N2CCOCC2)N(Cc2cc(F)cc(F)c2)C(C2CC2)=C1C(=O)O. The van der Waals surface area contributed by atoms with Crippen LogP contribution in [0.1, 0.15) is 25.3 Å². The summed E-state index contributed by atoms with van der Waals surface area (Å²) in [4.78, 5) is 16.3. The lowest BCUT2D eigenvalue weighted by Crippen LogP contribution is -2.53. The van der Waals surface area contributed by atoms with Crippen molar-refractivity contribution in [2.75, 3.05) is 26.3 Å². The second-order valence-corrected chi connectivity index (χ2v) is 7.66. The molecule has 2 aliphatic heterocycles. The summed E-state index contributed by atoms with van der Waals surface area (Å²) in [6, 6.07) is 3.48. The van der Waals surface area contributed by atoms with Gasteiger partial charge in [-0.2, -0.15) is 0 Å². The normalized spacial score (nSPS) is 23.8. The fraction of sp³-hybridized carbons (Fsp3) is 0.476. The molecule has 4 rings (SSSR count). The standard InChI is InChI=1S/C21H24F2N2O3/c1-13-8-18(24-4-6-28-7-5-24)25(12-14-9-16(22)11-17(23)10-14)20(15-2-3-15)19(13)21(26)27/h8-11,15,18H,2-7,12H2,1H3,(H,26,27). The third-order valence-corrected chi connectivity index (χ3v) is 5.55. The number of carbonyl (C=O) groups is 1. The van der Waals surface area contributed by atoms with Crippen LogP contribution in [0, 0.1) is 17.6 Å². The molecule has 1 unspecified atom stereocenters. The van der Waals surface area contributed by atoms with Gasteiger partial charge in [0.05, 0.1) is 18.8 Å². The van der Waals surface area contributed by atoms with Crippen LogP contribution in [0.5, 0.6) is 0 Å². The fourth-order valence-electron chi connectivity index (χ4n) is 4.18. The molecular weight excluding hydrogens is 366 g/mol. The third kappa shape index (κ3) is 3.82. The zero-order chi connectivity index (χ0) is 19.8. The van der Waals surface area contributed by atoms with Gasteiger partial charge in [-0.3, -0.25) is 4.90 Å². The quantitative estimate of drug-likeness (QED) is 0.837. The molecule has 1 saturated heterocycles. The predicted molar refractivity (Wildman–Crippen MR) is 99.2 cm³/mol. The van der Waals surface area contributed by atoms with Crippen molar-refractivity contribution >= 4 is 5.97 Å². The van der Waals surface area contributed by atoms with Crippen molar-refractivity contribution in [1.82, 2.24) is 9.80 Å². The van der Waals surface area contributed by atoms with Gasteiger partial charge in [-0.15, -0.1) is 0 Å². The largest absolute Gasteiger partial charge is 0.478 e. The minimum atomic E-state index is -0.952. The molecule has 0 spiro atoms. The average molecular weight is 390 g/mol. The molecule has 1 saturated carbocycles. The second-order valence-electron chi connectivity index (χ2n) is 7.66. The summed E-state index contributed by atoms with van der Waals surface area (Å²) in [5.74, 6) is -2.03. The van der Waals surface area contributed by atoms with E-state index in [0.717, 1.165) is 43.3 Å². The van der Waals surface area contributed by atoms with Crippen molar-refractivity contribution in [2.45, 2.75) is 32.5 Å². The molecule has 7 heteroatoms. The maximum absolute atomic E-state index is 13.8. The molecule has 1 atom stereocenters. The summed E-state index contributed by atoms with van der Waals surface area (Å²) in [5, 5.41) is 9.85. The Morgan fingerprint density at radius 3 is 2.39 bits per heavy atom. The van der Waals surface area contributed by atoms with E-state index in [0.29, 0.717) is 24.4 Å². The minimum absolute atomic E-state index is 0.158. The lowest BCUT2D eigenvalue weighted by atomic mass is 9.95. The van der Waals surface area contributed by atoms with Crippen LogP contribution in [0.2, 0.25) is 0 Å². The Kier molecular flexibility index (Phi) is 5.21. The third-order valence-electron chi connectivity index (χ3n) is 5.55. The lowest BCUT2D eigenvalue weighted by Gasteiger charge is -2.45. The number of morpholine rings is 1. The van der Waals surface area contributed by atoms with Crippen LogP contribution in [-0.4, -0.2) is 53.3 Å². The highest BCUT2D eigenvalue weighted by molar-refractivity contribution is 5.93. The van der Waals surface area contributed by atoms with Crippen LogP contribution in [0.25, 0.3) is 0 Å². The Morgan fingerprint density at radius 2 is 1.82 bits per heavy atom. The highest BCUT2D eigenvalue weighted by Crippen LogP contribution is 2.45. The van der Waals surface area contributed by atoms with Gasteiger partial charge in [0.15, 0.2) is 0 Å². The van der Waals surface area contributed by atoms with Gasteiger partial charge in [0.25, 0.3) is 0 Å². The Bertz CT molecular complexity index is 822. The molecule has 150 valence electrons. The molecule has 0 amide bonds. The van der Waals surface area contributed by atoms with Crippen molar-refractivity contribution < 1.29 is 23.4 Å². The number of hydrogen-bond donors (Lipinski definition) is 1.